The lowest BCUT2D eigenvalue weighted by Crippen LogP contribution is -2.24. The van der Waals surface area contributed by atoms with Crippen molar-refractivity contribution in [2.45, 2.75) is 31.2 Å². The summed E-state index contributed by atoms with van der Waals surface area (Å²) in [6, 6.07) is 0. The first kappa shape index (κ1) is 19.5. The predicted octanol–water partition coefficient (Wildman–Crippen LogP) is 4.00. The molecule has 0 bridgehead atoms. The fourth-order valence-corrected chi connectivity index (χ4v) is 2.11. The van der Waals surface area contributed by atoms with Crippen LogP contribution in [0.2, 0.25) is 0 Å². The van der Waals surface area contributed by atoms with Crippen LogP contribution in [0.4, 0.5) is 26.3 Å². The number of pyridine rings is 1. The number of halogens is 7. The fraction of sp³-hybridized carbons (Fsp3) is 0.500. The Labute approximate surface area is 134 Å². The molecule has 0 N–H and O–H groups in total. The molecule has 1 heterocycles. The van der Waals surface area contributed by atoms with Gasteiger partial charge in [0.05, 0.1) is 18.7 Å². The van der Waals surface area contributed by atoms with Gasteiger partial charge in [0.2, 0.25) is 0 Å². The third-order valence-electron chi connectivity index (χ3n) is 2.45. The molecule has 0 aliphatic heterocycles. The van der Waals surface area contributed by atoms with Gasteiger partial charge in [0, 0.05) is 11.5 Å². The molecule has 1 aromatic rings. The molecule has 11 heteroatoms. The molecule has 23 heavy (non-hydrogen) atoms. The van der Waals surface area contributed by atoms with E-state index in [0.29, 0.717) is 0 Å². The van der Waals surface area contributed by atoms with E-state index >= 15 is 0 Å². The normalized spacial score (nSPS) is 12.2. The molecule has 0 radical (unpaired) electrons. The van der Waals surface area contributed by atoms with Crippen LogP contribution in [0, 0.1) is 0 Å². The highest BCUT2D eigenvalue weighted by molar-refractivity contribution is 9.08. The number of hydrogen-bond donors (Lipinski definition) is 0. The number of carbonyl (C=O) groups is 1. The third kappa shape index (κ3) is 5.56. The molecule has 0 aliphatic carbocycles. The highest BCUT2D eigenvalue weighted by Crippen LogP contribution is 2.42. The molecule has 130 valence electrons. The van der Waals surface area contributed by atoms with Gasteiger partial charge in [-0.2, -0.15) is 13.2 Å². The van der Waals surface area contributed by atoms with Gasteiger partial charge in [-0.3, -0.25) is 9.78 Å². The molecule has 0 saturated heterocycles. The summed E-state index contributed by atoms with van der Waals surface area (Å²) in [5, 5.41) is -0.400. The lowest BCUT2D eigenvalue weighted by Gasteiger charge is -2.20. The number of esters is 1. The summed E-state index contributed by atoms with van der Waals surface area (Å²) in [5.41, 5.74) is -3.00. The lowest BCUT2D eigenvalue weighted by atomic mass is 10.1. The maximum atomic E-state index is 13.1. The summed E-state index contributed by atoms with van der Waals surface area (Å²) < 4.78 is 84.8. The molecule has 1 aromatic heterocycles. The molecule has 0 unspecified atom stereocenters. The number of hydrogen-bond acceptors (Lipinski definition) is 4. The number of rotatable bonds is 5. The Morgan fingerprint density at radius 3 is 2.30 bits per heavy atom. The Kier molecular flexibility index (Phi) is 6.25. The van der Waals surface area contributed by atoms with Crippen LogP contribution in [0.1, 0.15) is 23.7 Å². The van der Waals surface area contributed by atoms with Gasteiger partial charge in [0.1, 0.15) is 5.56 Å². The van der Waals surface area contributed by atoms with Crippen molar-refractivity contribution in [3.63, 3.8) is 0 Å². The number of carbonyl (C=O) groups excluding carboxylic acids is 1. The van der Waals surface area contributed by atoms with E-state index in [1.807, 2.05) is 0 Å². The molecule has 0 aliphatic rings. The highest BCUT2D eigenvalue weighted by atomic mass is 79.9. The summed E-state index contributed by atoms with van der Waals surface area (Å²) in [6.07, 6.45) is -10.7. The SMILES string of the molecule is CCOC(=O)Cc1ncc(CBr)c(C(F)(F)F)c1OC(F)(F)F. The average molecular weight is 410 g/mol. The van der Waals surface area contributed by atoms with Crippen molar-refractivity contribution in [3.05, 3.63) is 23.0 Å². The van der Waals surface area contributed by atoms with Crippen LogP contribution in [0.3, 0.4) is 0 Å². The van der Waals surface area contributed by atoms with E-state index in [4.69, 9.17) is 0 Å². The van der Waals surface area contributed by atoms with Crippen LogP contribution in [0.5, 0.6) is 5.75 Å². The molecule has 0 saturated carbocycles. The first-order valence-corrected chi connectivity index (χ1v) is 7.17. The Hall–Kier alpha value is -1.52. The van der Waals surface area contributed by atoms with Gasteiger partial charge in [-0.1, -0.05) is 15.9 Å². The minimum atomic E-state index is -5.38. The van der Waals surface area contributed by atoms with Crippen LogP contribution < -0.4 is 4.74 Å². The van der Waals surface area contributed by atoms with Gasteiger partial charge < -0.3 is 9.47 Å². The van der Waals surface area contributed by atoms with Gasteiger partial charge in [0.25, 0.3) is 0 Å². The number of nitrogens with zero attached hydrogens (tertiary/aromatic N) is 1. The molecular weight excluding hydrogens is 400 g/mol. The molecule has 0 atom stereocenters. The zero-order chi connectivity index (χ0) is 17.8. The Bertz CT molecular complexity index is 573. The summed E-state index contributed by atoms with van der Waals surface area (Å²) in [4.78, 5) is 14.8. The smallest absolute Gasteiger partial charge is 0.466 e. The van der Waals surface area contributed by atoms with Gasteiger partial charge in [-0.25, -0.2) is 0 Å². The molecular formula is C12H10BrF6NO3. The highest BCUT2D eigenvalue weighted by Gasteiger charge is 2.43. The van der Waals surface area contributed by atoms with Crippen LogP contribution >= 0.6 is 15.9 Å². The fourth-order valence-electron chi connectivity index (χ4n) is 1.68. The van der Waals surface area contributed by atoms with E-state index in [9.17, 15) is 31.1 Å². The largest absolute Gasteiger partial charge is 0.573 e. The minimum Gasteiger partial charge on any atom is -0.466 e. The van der Waals surface area contributed by atoms with Crippen molar-refractivity contribution in [2.24, 2.45) is 0 Å². The Morgan fingerprint density at radius 2 is 1.87 bits per heavy atom. The van der Waals surface area contributed by atoms with E-state index in [0.717, 1.165) is 6.20 Å². The van der Waals surface area contributed by atoms with E-state index in [2.05, 4.69) is 30.4 Å². The molecule has 1 rings (SSSR count). The maximum absolute atomic E-state index is 13.1. The van der Waals surface area contributed by atoms with Gasteiger partial charge in [-0.05, 0) is 12.5 Å². The van der Waals surface area contributed by atoms with Crippen LogP contribution in [0.15, 0.2) is 6.20 Å². The quantitative estimate of drug-likeness (QED) is 0.419. The Balaban J connectivity index is 3.48. The van der Waals surface area contributed by atoms with Crippen molar-refractivity contribution in [1.29, 1.82) is 0 Å². The molecule has 0 amide bonds. The molecule has 0 aromatic carbocycles. The van der Waals surface area contributed by atoms with Crippen molar-refractivity contribution in [1.82, 2.24) is 4.98 Å². The second-order valence-electron chi connectivity index (χ2n) is 4.10. The average Bonchev–Trinajstić information content (AvgIpc) is 2.37. The summed E-state index contributed by atoms with van der Waals surface area (Å²) in [7, 11) is 0. The number of ether oxygens (including phenoxy) is 2. The van der Waals surface area contributed by atoms with Crippen molar-refractivity contribution < 1.29 is 40.6 Å². The first-order chi connectivity index (χ1) is 10.5. The van der Waals surface area contributed by atoms with Crippen molar-refractivity contribution in [3.8, 4) is 5.75 Å². The number of aromatic nitrogens is 1. The summed E-state index contributed by atoms with van der Waals surface area (Å²) in [5.74, 6) is -2.57. The third-order valence-corrected chi connectivity index (χ3v) is 3.05. The molecule has 0 fully saturated rings. The first-order valence-electron chi connectivity index (χ1n) is 6.04. The molecule has 0 spiro atoms. The van der Waals surface area contributed by atoms with Gasteiger partial charge in [0.15, 0.2) is 5.75 Å². The van der Waals surface area contributed by atoms with Crippen LogP contribution in [0.25, 0.3) is 0 Å². The summed E-state index contributed by atoms with van der Waals surface area (Å²) in [6.45, 7) is 1.35. The topological polar surface area (TPSA) is 48.4 Å². The van der Waals surface area contributed by atoms with Crippen LogP contribution in [-0.2, 0) is 27.5 Å². The Morgan fingerprint density at radius 1 is 1.26 bits per heavy atom. The van der Waals surface area contributed by atoms with E-state index in [1.54, 1.807) is 0 Å². The van der Waals surface area contributed by atoms with E-state index < -0.39 is 52.8 Å². The lowest BCUT2D eigenvalue weighted by molar-refractivity contribution is -0.276. The predicted molar refractivity (Wildman–Crippen MR) is 68.9 cm³/mol. The van der Waals surface area contributed by atoms with Crippen LogP contribution in [-0.4, -0.2) is 23.9 Å². The van der Waals surface area contributed by atoms with E-state index in [1.165, 1.54) is 6.92 Å². The minimum absolute atomic E-state index is 0.0834. The van der Waals surface area contributed by atoms with Gasteiger partial charge in [-0.15, -0.1) is 13.2 Å². The van der Waals surface area contributed by atoms with E-state index in [-0.39, 0.29) is 6.61 Å². The molecule has 4 nitrogen and oxygen atoms in total. The van der Waals surface area contributed by atoms with Gasteiger partial charge >= 0.3 is 18.5 Å². The second-order valence-corrected chi connectivity index (χ2v) is 4.66. The standard InChI is InChI=1S/C12H10BrF6NO3/c1-2-22-8(21)3-7-10(23-12(17,18)19)9(11(14,15)16)6(4-13)5-20-7/h5H,2-4H2,1H3. The second kappa shape index (κ2) is 7.37. The zero-order valence-corrected chi connectivity index (χ0v) is 13.1. The maximum Gasteiger partial charge on any atom is 0.573 e. The zero-order valence-electron chi connectivity index (χ0n) is 11.5. The monoisotopic (exact) mass is 409 g/mol. The van der Waals surface area contributed by atoms with Crippen molar-refractivity contribution in [2.75, 3.05) is 6.61 Å². The summed E-state index contributed by atoms with van der Waals surface area (Å²) >= 11 is 2.75. The van der Waals surface area contributed by atoms with Crippen molar-refractivity contribution >= 4 is 21.9 Å². The number of alkyl halides is 7.